The maximum absolute atomic E-state index is 12.3. The van der Waals surface area contributed by atoms with Gasteiger partial charge in [-0.3, -0.25) is 4.79 Å². The summed E-state index contributed by atoms with van der Waals surface area (Å²) in [4.78, 5) is 14.7. The first-order valence-electron chi connectivity index (χ1n) is 10.1. The molecular weight excluding hydrogens is 442 g/mol. The monoisotopic (exact) mass is 465 g/mol. The maximum atomic E-state index is 12.3. The van der Waals surface area contributed by atoms with E-state index < -0.39 is 0 Å². The highest BCUT2D eigenvalue weighted by Gasteiger charge is 2.25. The number of allylic oxidation sites excluding steroid dienone is 2. The molecule has 0 aromatic heterocycles. The normalized spacial score (nSPS) is 18.4. The highest BCUT2D eigenvalue weighted by Crippen LogP contribution is 2.34. The summed E-state index contributed by atoms with van der Waals surface area (Å²) in [7, 11) is 0. The van der Waals surface area contributed by atoms with Gasteiger partial charge in [-0.2, -0.15) is 5.10 Å². The summed E-state index contributed by atoms with van der Waals surface area (Å²) in [5.74, 6) is -0.217. The Morgan fingerprint density at radius 1 is 1.03 bits per heavy atom. The minimum atomic E-state index is -0.217. The van der Waals surface area contributed by atoms with Crippen LogP contribution in [0.2, 0.25) is 0 Å². The number of morpholine rings is 1. The summed E-state index contributed by atoms with van der Waals surface area (Å²) in [6.07, 6.45) is 5.92. The Bertz CT molecular complexity index is 975. The molecule has 5 nitrogen and oxygen atoms in total. The lowest BCUT2D eigenvalue weighted by Crippen LogP contribution is -2.36. The molecule has 0 saturated carbocycles. The molecule has 6 heteroatoms. The van der Waals surface area contributed by atoms with E-state index >= 15 is 0 Å². The highest BCUT2D eigenvalue weighted by atomic mass is 79.9. The summed E-state index contributed by atoms with van der Waals surface area (Å²) in [5.41, 5.74) is 8.11. The smallest absolute Gasteiger partial charge is 0.271 e. The topological polar surface area (TPSA) is 53.9 Å². The van der Waals surface area contributed by atoms with Gasteiger partial charge in [0.05, 0.1) is 19.4 Å². The predicted octanol–water partition coefficient (Wildman–Crippen LogP) is 4.63. The van der Waals surface area contributed by atoms with Gasteiger partial charge in [-0.1, -0.05) is 46.3 Å². The molecule has 1 aliphatic heterocycles. The van der Waals surface area contributed by atoms with Crippen LogP contribution >= 0.6 is 15.9 Å². The number of nitrogens with one attached hydrogen (secondary N) is 1. The van der Waals surface area contributed by atoms with Crippen molar-refractivity contribution in [2.24, 2.45) is 5.10 Å². The van der Waals surface area contributed by atoms with Gasteiger partial charge in [0.15, 0.2) is 0 Å². The molecule has 0 atom stereocenters. The summed E-state index contributed by atoms with van der Waals surface area (Å²) < 4.78 is 6.48. The Morgan fingerprint density at radius 3 is 2.50 bits per heavy atom. The fourth-order valence-corrected chi connectivity index (χ4v) is 4.02. The Balaban J connectivity index is 1.55. The lowest BCUT2D eigenvalue weighted by atomic mass is 10.1. The van der Waals surface area contributed by atoms with E-state index in [1.807, 2.05) is 18.2 Å². The fraction of sp³-hybridized carbons (Fsp3) is 0.250. The number of rotatable bonds is 5. The first-order valence-corrected chi connectivity index (χ1v) is 10.9. The van der Waals surface area contributed by atoms with Gasteiger partial charge in [0.2, 0.25) is 0 Å². The number of nitrogens with zero attached hydrogens (tertiary/aromatic N) is 2. The average Bonchev–Trinajstić information content (AvgIpc) is 3.17. The van der Waals surface area contributed by atoms with Crippen molar-refractivity contribution < 1.29 is 9.53 Å². The van der Waals surface area contributed by atoms with Crippen LogP contribution in [-0.2, 0) is 4.74 Å². The Labute approximate surface area is 185 Å². The van der Waals surface area contributed by atoms with Gasteiger partial charge in [-0.25, -0.2) is 5.43 Å². The first kappa shape index (κ1) is 20.6. The second-order valence-corrected chi connectivity index (χ2v) is 8.18. The standard InChI is InChI=1S/C24H24BrN3O2/c25-22-10-8-19(9-11-22)24(29)27-26-17-21-7-6-20(16-18-4-2-1-3-5-18)23(21)28-12-14-30-15-13-28/h1-5,8-11,16-17H,6-7,12-15H2,(H,27,29)/b20-16-,26-17-. The largest absolute Gasteiger partial charge is 0.378 e. The van der Waals surface area contributed by atoms with Crippen molar-refractivity contribution in [2.45, 2.75) is 12.8 Å². The number of hydrogen-bond donors (Lipinski definition) is 1. The molecule has 4 rings (SSSR count). The number of halogens is 1. The van der Waals surface area contributed by atoms with Gasteiger partial charge >= 0.3 is 0 Å². The number of ether oxygens (including phenoxy) is 1. The second kappa shape index (κ2) is 9.87. The molecular formula is C24H24BrN3O2. The Hall–Kier alpha value is -2.70. The third-order valence-electron chi connectivity index (χ3n) is 5.23. The van der Waals surface area contributed by atoms with Crippen LogP contribution in [0.5, 0.6) is 0 Å². The number of benzene rings is 2. The highest BCUT2D eigenvalue weighted by molar-refractivity contribution is 9.10. The zero-order chi connectivity index (χ0) is 20.8. The van der Waals surface area contributed by atoms with Crippen molar-refractivity contribution in [3.05, 3.63) is 87.0 Å². The molecule has 1 amide bonds. The van der Waals surface area contributed by atoms with Gasteiger partial charge < -0.3 is 9.64 Å². The van der Waals surface area contributed by atoms with Gasteiger partial charge in [0, 0.05) is 28.8 Å². The average molecular weight is 466 g/mol. The Kier molecular flexibility index (Phi) is 6.77. The summed E-state index contributed by atoms with van der Waals surface area (Å²) in [5, 5.41) is 4.26. The van der Waals surface area contributed by atoms with Crippen molar-refractivity contribution >= 4 is 34.1 Å². The molecule has 1 N–H and O–H groups in total. The molecule has 2 aromatic rings. The van der Waals surface area contributed by atoms with E-state index in [4.69, 9.17) is 4.74 Å². The van der Waals surface area contributed by atoms with E-state index in [9.17, 15) is 4.79 Å². The lowest BCUT2D eigenvalue weighted by Gasteiger charge is -2.31. The quantitative estimate of drug-likeness (QED) is 0.517. The van der Waals surface area contributed by atoms with Gasteiger partial charge in [0.25, 0.3) is 5.91 Å². The third-order valence-corrected chi connectivity index (χ3v) is 5.76. The van der Waals surface area contributed by atoms with Crippen LogP contribution < -0.4 is 5.43 Å². The van der Waals surface area contributed by atoms with E-state index in [-0.39, 0.29) is 5.91 Å². The summed E-state index contributed by atoms with van der Waals surface area (Å²) >= 11 is 3.38. The maximum Gasteiger partial charge on any atom is 0.271 e. The molecule has 154 valence electrons. The number of hydrazone groups is 1. The van der Waals surface area contributed by atoms with E-state index in [0.717, 1.165) is 49.2 Å². The van der Waals surface area contributed by atoms with Crippen LogP contribution in [0.3, 0.4) is 0 Å². The number of carbonyl (C=O) groups excluding carboxylic acids is 1. The number of hydrogen-bond acceptors (Lipinski definition) is 4. The summed E-state index contributed by atoms with van der Waals surface area (Å²) in [6, 6.07) is 17.6. The molecule has 0 radical (unpaired) electrons. The van der Waals surface area contributed by atoms with Crippen molar-refractivity contribution in [1.29, 1.82) is 0 Å². The van der Waals surface area contributed by atoms with Crippen LogP contribution in [0.4, 0.5) is 0 Å². The van der Waals surface area contributed by atoms with Gasteiger partial charge in [0.1, 0.15) is 0 Å². The SMILES string of the molecule is O=C(N/N=C\C1=C(N2CCOCC2)C(=C\c2ccccc2)/CC1)c1ccc(Br)cc1. The van der Waals surface area contributed by atoms with E-state index in [1.54, 1.807) is 18.3 Å². The Morgan fingerprint density at radius 2 is 1.77 bits per heavy atom. The molecule has 1 aliphatic carbocycles. The first-order chi connectivity index (χ1) is 14.7. The molecule has 0 bridgehead atoms. The predicted molar refractivity (Wildman–Crippen MR) is 123 cm³/mol. The van der Waals surface area contributed by atoms with Gasteiger partial charge in [-0.05, 0) is 59.9 Å². The minimum absolute atomic E-state index is 0.217. The van der Waals surface area contributed by atoms with Crippen LogP contribution in [0.1, 0.15) is 28.8 Å². The molecule has 1 heterocycles. The third kappa shape index (κ3) is 5.07. The number of carbonyl (C=O) groups is 1. The molecule has 2 aromatic carbocycles. The molecule has 30 heavy (non-hydrogen) atoms. The van der Waals surface area contributed by atoms with Crippen molar-refractivity contribution in [3.63, 3.8) is 0 Å². The van der Waals surface area contributed by atoms with Crippen LogP contribution in [0.15, 0.2) is 81.0 Å². The minimum Gasteiger partial charge on any atom is -0.378 e. The second-order valence-electron chi connectivity index (χ2n) is 7.26. The van der Waals surface area contributed by atoms with Crippen LogP contribution in [0.25, 0.3) is 6.08 Å². The zero-order valence-electron chi connectivity index (χ0n) is 16.7. The molecule has 1 saturated heterocycles. The molecule has 1 fully saturated rings. The molecule has 2 aliphatic rings. The number of amides is 1. The zero-order valence-corrected chi connectivity index (χ0v) is 18.3. The van der Waals surface area contributed by atoms with Crippen molar-refractivity contribution in [1.82, 2.24) is 10.3 Å². The lowest BCUT2D eigenvalue weighted by molar-refractivity contribution is 0.0548. The fourth-order valence-electron chi connectivity index (χ4n) is 3.76. The van der Waals surface area contributed by atoms with Crippen LogP contribution in [-0.4, -0.2) is 43.3 Å². The molecule has 0 unspecified atom stereocenters. The van der Waals surface area contributed by atoms with Crippen LogP contribution in [0, 0.1) is 0 Å². The van der Waals surface area contributed by atoms with Crippen molar-refractivity contribution in [3.8, 4) is 0 Å². The van der Waals surface area contributed by atoms with Crippen molar-refractivity contribution in [2.75, 3.05) is 26.3 Å². The van der Waals surface area contributed by atoms with Gasteiger partial charge in [-0.15, -0.1) is 0 Å². The summed E-state index contributed by atoms with van der Waals surface area (Å²) in [6.45, 7) is 3.19. The van der Waals surface area contributed by atoms with E-state index in [1.165, 1.54) is 16.8 Å². The van der Waals surface area contributed by atoms with E-state index in [0.29, 0.717) is 5.56 Å². The van der Waals surface area contributed by atoms with E-state index in [2.05, 4.69) is 61.7 Å². The molecule has 0 spiro atoms.